The third-order valence-corrected chi connectivity index (χ3v) is 4.60. The molecule has 112 valence electrons. The van der Waals surface area contributed by atoms with Gasteiger partial charge in [-0.2, -0.15) is 0 Å². The van der Waals surface area contributed by atoms with Crippen LogP contribution in [0, 0.1) is 13.8 Å². The van der Waals surface area contributed by atoms with E-state index in [0.29, 0.717) is 0 Å². The SMILES string of the molecule is COc1ccc(-c2[nH]c(-c3ccc(Br)cc3)c(C)c2C)cc1. The second-order valence-electron chi connectivity index (χ2n) is 5.36. The Balaban J connectivity index is 2.06. The van der Waals surface area contributed by atoms with Gasteiger partial charge in [-0.1, -0.05) is 28.1 Å². The molecule has 3 heteroatoms. The van der Waals surface area contributed by atoms with E-state index in [9.17, 15) is 0 Å². The summed E-state index contributed by atoms with van der Waals surface area (Å²) >= 11 is 3.48. The lowest BCUT2D eigenvalue weighted by atomic mass is 10.0. The largest absolute Gasteiger partial charge is 0.497 e. The van der Waals surface area contributed by atoms with Crippen molar-refractivity contribution in [3.63, 3.8) is 0 Å². The molecule has 1 N–H and O–H groups in total. The second kappa shape index (κ2) is 6.01. The zero-order chi connectivity index (χ0) is 15.7. The zero-order valence-electron chi connectivity index (χ0n) is 12.9. The summed E-state index contributed by atoms with van der Waals surface area (Å²) in [6.07, 6.45) is 0. The van der Waals surface area contributed by atoms with Crippen molar-refractivity contribution in [3.8, 4) is 28.3 Å². The number of methoxy groups -OCH3 is 1. The molecule has 22 heavy (non-hydrogen) atoms. The van der Waals surface area contributed by atoms with E-state index >= 15 is 0 Å². The fourth-order valence-electron chi connectivity index (χ4n) is 2.64. The average molecular weight is 356 g/mol. The standard InChI is InChI=1S/C19H18BrNO/c1-12-13(2)19(15-6-10-17(22-3)11-7-15)21-18(12)14-4-8-16(20)9-5-14/h4-11,21H,1-3H3. The number of ether oxygens (including phenoxy) is 1. The van der Waals surface area contributed by atoms with Gasteiger partial charge in [-0.05, 0) is 72.5 Å². The highest BCUT2D eigenvalue weighted by Gasteiger charge is 2.13. The minimum absolute atomic E-state index is 0.873. The van der Waals surface area contributed by atoms with Gasteiger partial charge in [0, 0.05) is 15.9 Å². The van der Waals surface area contributed by atoms with Crippen LogP contribution in [0.15, 0.2) is 53.0 Å². The van der Waals surface area contributed by atoms with Crippen molar-refractivity contribution in [1.29, 1.82) is 0 Å². The number of nitrogens with one attached hydrogen (secondary N) is 1. The number of halogens is 1. The summed E-state index contributed by atoms with van der Waals surface area (Å²) in [6.45, 7) is 4.32. The summed E-state index contributed by atoms with van der Waals surface area (Å²) in [5.41, 5.74) is 7.28. The average Bonchev–Trinajstić information content (AvgIpc) is 2.84. The molecule has 2 aromatic carbocycles. The summed E-state index contributed by atoms with van der Waals surface area (Å²) in [5.74, 6) is 0.873. The number of aromatic amines is 1. The topological polar surface area (TPSA) is 25.0 Å². The molecule has 1 aromatic heterocycles. The van der Waals surface area contributed by atoms with Gasteiger partial charge in [0.15, 0.2) is 0 Å². The zero-order valence-corrected chi connectivity index (χ0v) is 14.5. The number of benzene rings is 2. The quantitative estimate of drug-likeness (QED) is 0.636. The molecule has 0 amide bonds. The predicted molar refractivity (Wildman–Crippen MR) is 95.4 cm³/mol. The van der Waals surface area contributed by atoms with Gasteiger partial charge in [-0.15, -0.1) is 0 Å². The van der Waals surface area contributed by atoms with Gasteiger partial charge in [0.05, 0.1) is 7.11 Å². The van der Waals surface area contributed by atoms with E-state index in [1.54, 1.807) is 7.11 Å². The third-order valence-electron chi connectivity index (χ3n) is 4.07. The monoisotopic (exact) mass is 355 g/mol. The molecule has 1 heterocycles. The number of aromatic nitrogens is 1. The lowest BCUT2D eigenvalue weighted by Crippen LogP contribution is -1.84. The first kappa shape index (κ1) is 14.9. The van der Waals surface area contributed by atoms with E-state index < -0.39 is 0 Å². The van der Waals surface area contributed by atoms with E-state index in [2.05, 4.69) is 71.2 Å². The minimum Gasteiger partial charge on any atom is -0.497 e. The van der Waals surface area contributed by atoms with Crippen LogP contribution in [0.1, 0.15) is 11.1 Å². The maximum Gasteiger partial charge on any atom is 0.118 e. The molecule has 0 saturated carbocycles. The molecule has 0 spiro atoms. The van der Waals surface area contributed by atoms with E-state index in [0.717, 1.165) is 15.9 Å². The first-order chi connectivity index (χ1) is 10.6. The van der Waals surface area contributed by atoms with Gasteiger partial charge < -0.3 is 9.72 Å². The van der Waals surface area contributed by atoms with Crippen LogP contribution in [0.2, 0.25) is 0 Å². The number of hydrogen-bond acceptors (Lipinski definition) is 1. The lowest BCUT2D eigenvalue weighted by molar-refractivity contribution is 0.415. The summed E-state index contributed by atoms with van der Waals surface area (Å²) in [6, 6.07) is 16.5. The Kier molecular flexibility index (Phi) is 4.08. The Morgan fingerprint density at radius 2 is 1.23 bits per heavy atom. The number of rotatable bonds is 3. The molecule has 0 bridgehead atoms. The summed E-state index contributed by atoms with van der Waals surface area (Å²) in [7, 11) is 1.69. The summed E-state index contributed by atoms with van der Waals surface area (Å²) < 4.78 is 6.32. The number of H-pyrrole nitrogens is 1. The van der Waals surface area contributed by atoms with E-state index in [-0.39, 0.29) is 0 Å². The Morgan fingerprint density at radius 1 is 0.773 bits per heavy atom. The first-order valence-electron chi connectivity index (χ1n) is 7.19. The fourth-order valence-corrected chi connectivity index (χ4v) is 2.90. The van der Waals surface area contributed by atoms with Gasteiger partial charge in [-0.3, -0.25) is 0 Å². The van der Waals surface area contributed by atoms with Crippen LogP contribution >= 0.6 is 15.9 Å². The normalized spacial score (nSPS) is 10.7. The van der Waals surface area contributed by atoms with Crippen molar-refractivity contribution in [2.75, 3.05) is 7.11 Å². The Hall–Kier alpha value is -2.00. The highest BCUT2D eigenvalue weighted by atomic mass is 79.9. The Bertz CT molecular complexity index is 786. The molecular formula is C19H18BrNO. The third kappa shape index (κ3) is 2.69. The molecule has 0 unspecified atom stereocenters. The maximum absolute atomic E-state index is 5.23. The predicted octanol–water partition coefficient (Wildman–Crippen LogP) is 5.74. The molecule has 0 atom stereocenters. The molecule has 0 fully saturated rings. The van der Waals surface area contributed by atoms with Gasteiger partial charge in [0.2, 0.25) is 0 Å². The summed E-state index contributed by atoms with van der Waals surface area (Å²) in [4.78, 5) is 3.58. The maximum atomic E-state index is 5.23. The number of hydrogen-bond donors (Lipinski definition) is 1. The molecule has 0 radical (unpaired) electrons. The molecule has 2 nitrogen and oxygen atoms in total. The smallest absolute Gasteiger partial charge is 0.118 e. The first-order valence-corrected chi connectivity index (χ1v) is 7.99. The molecule has 0 aliphatic rings. The highest BCUT2D eigenvalue weighted by molar-refractivity contribution is 9.10. The van der Waals surface area contributed by atoms with Gasteiger partial charge in [-0.25, -0.2) is 0 Å². The molecule has 3 rings (SSSR count). The molecule has 0 aliphatic heterocycles. The van der Waals surface area contributed by atoms with Crippen LogP contribution in [-0.4, -0.2) is 12.1 Å². The van der Waals surface area contributed by atoms with Crippen LogP contribution < -0.4 is 4.74 Å². The molecule has 0 saturated heterocycles. The van der Waals surface area contributed by atoms with Crippen molar-refractivity contribution >= 4 is 15.9 Å². The van der Waals surface area contributed by atoms with Crippen molar-refractivity contribution in [1.82, 2.24) is 4.98 Å². The van der Waals surface area contributed by atoms with Gasteiger partial charge >= 0.3 is 0 Å². The van der Waals surface area contributed by atoms with Crippen molar-refractivity contribution < 1.29 is 4.74 Å². The Morgan fingerprint density at radius 3 is 1.68 bits per heavy atom. The second-order valence-corrected chi connectivity index (χ2v) is 6.28. The highest BCUT2D eigenvalue weighted by Crippen LogP contribution is 2.33. The van der Waals surface area contributed by atoms with Crippen molar-refractivity contribution in [3.05, 3.63) is 64.1 Å². The van der Waals surface area contributed by atoms with E-state index in [1.807, 2.05) is 12.1 Å². The van der Waals surface area contributed by atoms with Crippen LogP contribution in [0.25, 0.3) is 22.5 Å². The minimum atomic E-state index is 0.873. The van der Waals surface area contributed by atoms with Crippen molar-refractivity contribution in [2.45, 2.75) is 13.8 Å². The lowest BCUT2D eigenvalue weighted by Gasteiger charge is -2.03. The molecular weight excluding hydrogens is 338 g/mol. The van der Waals surface area contributed by atoms with Crippen LogP contribution in [0.4, 0.5) is 0 Å². The Labute approximate surface area is 139 Å². The van der Waals surface area contributed by atoms with Crippen LogP contribution in [0.3, 0.4) is 0 Å². The van der Waals surface area contributed by atoms with Gasteiger partial charge in [0.25, 0.3) is 0 Å². The van der Waals surface area contributed by atoms with Crippen LogP contribution in [0.5, 0.6) is 5.75 Å². The van der Waals surface area contributed by atoms with E-state index in [4.69, 9.17) is 4.74 Å². The molecule has 3 aromatic rings. The fraction of sp³-hybridized carbons (Fsp3) is 0.158. The van der Waals surface area contributed by atoms with E-state index in [1.165, 1.54) is 27.9 Å². The van der Waals surface area contributed by atoms with Crippen molar-refractivity contribution in [2.24, 2.45) is 0 Å². The molecule has 0 aliphatic carbocycles. The summed E-state index contributed by atoms with van der Waals surface area (Å²) in [5, 5.41) is 0. The van der Waals surface area contributed by atoms with Crippen LogP contribution in [-0.2, 0) is 0 Å². The van der Waals surface area contributed by atoms with Gasteiger partial charge in [0.1, 0.15) is 5.75 Å².